The molecule has 0 spiro atoms. The normalized spacial score (nSPS) is 18.0. The fourth-order valence-electron chi connectivity index (χ4n) is 2.98. The quantitative estimate of drug-likeness (QED) is 0.928. The minimum atomic E-state index is 0.456. The number of nitrogens with one attached hydrogen (secondary N) is 1. The maximum Gasteiger partial charge on any atom is 0.243 e. The lowest BCUT2D eigenvalue weighted by Gasteiger charge is -2.27. The third-order valence-electron chi connectivity index (χ3n) is 4.33. The van der Waals surface area contributed by atoms with Gasteiger partial charge in [0.05, 0.1) is 0 Å². The van der Waals surface area contributed by atoms with Crippen molar-refractivity contribution in [2.75, 3.05) is 11.9 Å². The van der Waals surface area contributed by atoms with Gasteiger partial charge in [0.15, 0.2) is 5.65 Å². The van der Waals surface area contributed by atoms with Gasteiger partial charge in [0, 0.05) is 17.2 Å². The van der Waals surface area contributed by atoms with Gasteiger partial charge in [0.1, 0.15) is 0 Å². The highest BCUT2D eigenvalue weighted by atomic mass is 79.9. The van der Waals surface area contributed by atoms with Crippen molar-refractivity contribution in [1.29, 1.82) is 0 Å². The Hall–Kier alpha value is -1.10. The average molecular weight is 323 g/mol. The van der Waals surface area contributed by atoms with E-state index in [2.05, 4.69) is 38.3 Å². The van der Waals surface area contributed by atoms with Gasteiger partial charge in [-0.15, -0.1) is 5.10 Å². The molecule has 2 aromatic rings. The molecule has 2 heterocycles. The Bertz CT molecular complexity index is 572. The smallest absolute Gasteiger partial charge is 0.243 e. The number of anilines is 1. The Morgan fingerprint density at radius 3 is 2.89 bits per heavy atom. The average Bonchev–Trinajstić information content (AvgIpc) is 3.02. The molecule has 2 aromatic heterocycles. The number of rotatable bonds is 4. The van der Waals surface area contributed by atoms with Crippen LogP contribution >= 0.6 is 15.9 Å². The zero-order valence-corrected chi connectivity index (χ0v) is 12.8. The van der Waals surface area contributed by atoms with Crippen LogP contribution in [0.4, 0.5) is 5.95 Å². The van der Waals surface area contributed by atoms with Crippen molar-refractivity contribution in [2.45, 2.75) is 39.0 Å². The van der Waals surface area contributed by atoms with Crippen LogP contribution in [0.5, 0.6) is 0 Å². The van der Waals surface area contributed by atoms with E-state index in [9.17, 15) is 0 Å². The molecule has 3 rings (SSSR count). The van der Waals surface area contributed by atoms with Crippen molar-refractivity contribution in [3.63, 3.8) is 0 Å². The van der Waals surface area contributed by atoms with E-state index in [1.807, 2.05) is 18.3 Å². The van der Waals surface area contributed by atoms with Crippen LogP contribution in [0.25, 0.3) is 5.65 Å². The maximum atomic E-state index is 4.50. The summed E-state index contributed by atoms with van der Waals surface area (Å²) in [7, 11) is 0. The molecule has 1 N–H and O–H groups in total. The van der Waals surface area contributed by atoms with Crippen molar-refractivity contribution in [3.05, 3.63) is 22.8 Å². The van der Waals surface area contributed by atoms with Crippen molar-refractivity contribution in [2.24, 2.45) is 5.41 Å². The predicted molar refractivity (Wildman–Crippen MR) is 80.4 cm³/mol. The van der Waals surface area contributed by atoms with Crippen molar-refractivity contribution in [3.8, 4) is 0 Å². The molecule has 0 saturated heterocycles. The van der Waals surface area contributed by atoms with Gasteiger partial charge in [0.25, 0.3) is 0 Å². The number of hydrogen-bond acceptors (Lipinski definition) is 3. The second kappa shape index (κ2) is 5.12. The van der Waals surface area contributed by atoms with Gasteiger partial charge >= 0.3 is 0 Å². The molecule has 19 heavy (non-hydrogen) atoms. The summed E-state index contributed by atoms with van der Waals surface area (Å²) in [4.78, 5) is 4.50. The summed E-state index contributed by atoms with van der Waals surface area (Å²) >= 11 is 3.45. The number of nitrogens with zero attached hydrogens (tertiary/aromatic N) is 3. The van der Waals surface area contributed by atoms with E-state index < -0.39 is 0 Å². The molecule has 0 atom stereocenters. The molecule has 5 heteroatoms. The van der Waals surface area contributed by atoms with Gasteiger partial charge in [-0.05, 0) is 52.7 Å². The van der Waals surface area contributed by atoms with Crippen molar-refractivity contribution >= 4 is 27.5 Å². The molecular weight excluding hydrogens is 304 g/mol. The molecule has 0 amide bonds. The number of fused-ring (bicyclic) bond motifs is 1. The molecular formula is C14H19BrN4. The maximum absolute atomic E-state index is 4.50. The summed E-state index contributed by atoms with van der Waals surface area (Å²) in [6, 6.07) is 3.95. The summed E-state index contributed by atoms with van der Waals surface area (Å²) in [6.07, 6.45) is 8.55. The van der Waals surface area contributed by atoms with E-state index in [1.165, 1.54) is 32.1 Å². The van der Waals surface area contributed by atoms with E-state index in [1.54, 1.807) is 4.52 Å². The highest BCUT2D eigenvalue weighted by Crippen LogP contribution is 2.40. The molecule has 0 aromatic carbocycles. The molecule has 1 saturated carbocycles. The van der Waals surface area contributed by atoms with Crippen LogP contribution in [-0.2, 0) is 0 Å². The van der Waals surface area contributed by atoms with Crippen LogP contribution < -0.4 is 5.32 Å². The number of pyridine rings is 1. The molecule has 1 fully saturated rings. The van der Waals surface area contributed by atoms with Crippen LogP contribution in [0.15, 0.2) is 22.8 Å². The van der Waals surface area contributed by atoms with Gasteiger partial charge in [-0.3, -0.25) is 0 Å². The molecule has 0 bridgehead atoms. The molecule has 1 aliphatic rings. The topological polar surface area (TPSA) is 42.2 Å². The van der Waals surface area contributed by atoms with Crippen LogP contribution in [0.2, 0.25) is 0 Å². The zero-order chi connectivity index (χ0) is 13.3. The highest BCUT2D eigenvalue weighted by molar-refractivity contribution is 9.10. The summed E-state index contributed by atoms with van der Waals surface area (Å²) in [5.74, 6) is 0.734. The lowest BCUT2D eigenvalue weighted by Crippen LogP contribution is -2.26. The van der Waals surface area contributed by atoms with Gasteiger partial charge in [-0.1, -0.05) is 19.8 Å². The lowest BCUT2D eigenvalue weighted by atomic mass is 9.83. The summed E-state index contributed by atoms with van der Waals surface area (Å²) in [5, 5.41) is 7.89. The number of aromatic nitrogens is 3. The fourth-order valence-corrected chi connectivity index (χ4v) is 3.31. The third-order valence-corrected chi connectivity index (χ3v) is 4.80. The van der Waals surface area contributed by atoms with Crippen LogP contribution in [0, 0.1) is 5.41 Å². The van der Waals surface area contributed by atoms with E-state index in [0.29, 0.717) is 5.41 Å². The third kappa shape index (κ3) is 2.61. The van der Waals surface area contributed by atoms with Gasteiger partial charge < -0.3 is 5.32 Å². The Morgan fingerprint density at radius 1 is 1.37 bits per heavy atom. The van der Waals surface area contributed by atoms with Gasteiger partial charge in [-0.2, -0.15) is 4.98 Å². The Kier molecular flexibility index (Phi) is 3.48. The SMILES string of the molecule is CCC1(CNc2nc3ccc(Br)cn3n2)CCCC1. The minimum Gasteiger partial charge on any atom is -0.352 e. The monoisotopic (exact) mass is 322 g/mol. The molecule has 0 unspecified atom stereocenters. The van der Waals surface area contributed by atoms with Gasteiger partial charge in [-0.25, -0.2) is 4.52 Å². The predicted octanol–water partition coefficient (Wildman–Crippen LogP) is 3.87. The van der Waals surface area contributed by atoms with Crippen LogP contribution in [0.3, 0.4) is 0 Å². The molecule has 1 aliphatic carbocycles. The molecule has 102 valence electrons. The first-order chi connectivity index (χ1) is 9.21. The lowest BCUT2D eigenvalue weighted by molar-refractivity contribution is 0.306. The summed E-state index contributed by atoms with van der Waals surface area (Å²) in [5.41, 5.74) is 1.33. The Labute approximate surface area is 121 Å². The minimum absolute atomic E-state index is 0.456. The fraction of sp³-hybridized carbons (Fsp3) is 0.571. The Morgan fingerprint density at radius 2 is 2.16 bits per heavy atom. The van der Waals surface area contributed by atoms with E-state index in [0.717, 1.165) is 22.6 Å². The first-order valence-corrected chi connectivity index (χ1v) is 7.76. The summed E-state index contributed by atoms with van der Waals surface area (Å²) < 4.78 is 2.82. The van der Waals surface area contributed by atoms with E-state index in [4.69, 9.17) is 0 Å². The summed E-state index contributed by atoms with van der Waals surface area (Å²) in [6.45, 7) is 3.28. The van der Waals surface area contributed by atoms with Crippen molar-refractivity contribution in [1.82, 2.24) is 14.6 Å². The second-order valence-corrected chi connectivity index (χ2v) is 6.42. The first kappa shape index (κ1) is 12.9. The number of halogens is 1. The second-order valence-electron chi connectivity index (χ2n) is 5.50. The van der Waals surface area contributed by atoms with E-state index >= 15 is 0 Å². The Balaban J connectivity index is 1.74. The van der Waals surface area contributed by atoms with Crippen LogP contribution in [-0.4, -0.2) is 21.1 Å². The van der Waals surface area contributed by atoms with Crippen molar-refractivity contribution < 1.29 is 0 Å². The molecule has 0 radical (unpaired) electrons. The highest BCUT2D eigenvalue weighted by Gasteiger charge is 2.31. The number of hydrogen-bond donors (Lipinski definition) is 1. The standard InChI is InChI=1S/C14H19BrN4/c1-2-14(7-3-4-8-14)10-16-13-17-12-6-5-11(15)9-19(12)18-13/h5-6,9H,2-4,7-8,10H2,1H3,(H,16,18). The zero-order valence-electron chi connectivity index (χ0n) is 11.2. The first-order valence-electron chi connectivity index (χ1n) is 6.97. The van der Waals surface area contributed by atoms with E-state index in [-0.39, 0.29) is 0 Å². The molecule has 0 aliphatic heterocycles. The van der Waals surface area contributed by atoms with Gasteiger partial charge in [0.2, 0.25) is 5.95 Å². The van der Waals surface area contributed by atoms with Crippen LogP contribution in [0.1, 0.15) is 39.0 Å². The molecule has 4 nitrogen and oxygen atoms in total. The largest absolute Gasteiger partial charge is 0.352 e.